The van der Waals surface area contributed by atoms with Gasteiger partial charge in [0.05, 0.1) is 19.8 Å². The summed E-state index contributed by atoms with van der Waals surface area (Å²) in [6, 6.07) is 3.18. The topological polar surface area (TPSA) is 67.9 Å². The normalized spacial score (nSPS) is 21.7. The van der Waals surface area contributed by atoms with Crippen LogP contribution in [0.4, 0.5) is 0 Å². The number of carbonyl (C=O) groups is 2. The van der Waals surface area contributed by atoms with E-state index in [2.05, 4.69) is 11.9 Å². The number of nitrogens with one attached hydrogen (secondary N) is 1. The molecule has 6 nitrogen and oxygen atoms in total. The number of hydrogen-bond donors (Lipinski definition) is 1. The van der Waals surface area contributed by atoms with Gasteiger partial charge in [-0.15, -0.1) is 18.3 Å². The molecular weight excluding hydrogens is 316 g/mol. The van der Waals surface area contributed by atoms with E-state index in [1.165, 1.54) is 14.2 Å². The molecule has 0 aliphatic carbocycles. The number of amides is 2. The summed E-state index contributed by atoms with van der Waals surface area (Å²) in [7, 11) is 3.04. The summed E-state index contributed by atoms with van der Waals surface area (Å²) < 4.78 is 10.6. The lowest BCUT2D eigenvalue weighted by Gasteiger charge is -2.22. The van der Waals surface area contributed by atoms with Gasteiger partial charge in [0.2, 0.25) is 5.91 Å². The number of methoxy groups -OCH3 is 2. The molecule has 2 aliphatic heterocycles. The van der Waals surface area contributed by atoms with Crippen molar-refractivity contribution in [3.63, 3.8) is 0 Å². The van der Waals surface area contributed by atoms with Gasteiger partial charge in [-0.2, -0.15) is 0 Å². The number of hydrogen-bond acceptors (Lipinski definition) is 5. The van der Waals surface area contributed by atoms with Gasteiger partial charge in [0.25, 0.3) is 5.91 Å². The minimum Gasteiger partial charge on any atom is -0.493 e. The third-order valence-electron chi connectivity index (χ3n) is 4.02. The number of benzene rings is 1. The second-order valence-corrected chi connectivity index (χ2v) is 6.33. The largest absolute Gasteiger partial charge is 0.493 e. The van der Waals surface area contributed by atoms with E-state index < -0.39 is 6.04 Å². The highest BCUT2D eigenvalue weighted by Gasteiger charge is 2.50. The Balaban J connectivity index is 1.96. The maximum Gasteiger partial charge on any atom is 0.260 e. The Bertz CT molecular complexity index is 676. The van der Waals surface area contributed by atoms with E-state index in [-0.39, 0.29) is 17.2 Å². The molecule has 2 heterocycles. The molecule has 1 aromatic carbocycles. The van der Waals surface area contributed by atoms with Crippen molar-refractivity contribution in [2.24, 2.45) is 0 Å². The average molecular weight is 334 g/mol. The van der Waals surface area contributed by atoms with Gasteiger partial charge >= 0.3 is 0 Å². The van der Waals surface area contributed by atoms with E-state index in [0.29, 0.717) is 29.4 Å². The first-order chi connectivity index (χ1) is 11.1. The highest BCUT2D eigenvalue weighted by Crippen LogP contribution is 2.52. The van der Waals surface area contributed by atoms with Crippen molar-refractivity contribution in [1.82, 2.24) is 10.2 Å². The van der Waals surface area contributed by atoms with Crippen molar-refractivity contribution in [2.75, 3.05) is 26.5 Å². The number of carbonyl (C=O) groups excluding carboxylic acids is 2. The molecule has 0 radical (unpaired) electrons. The van der Waals surface area contributed by atoms with E-state index >= 15 is 0 Å². The molecule has 0 spiro atoms. The van der Waals surface area contributed by atoms with Crippen molar-refractivity contribution in [1.29, 1.82) is 0 Å². The van der Waals surface area contributed by atoms with Crippen LogP contribution in [0.2, 0.25) is 0 Å². The van der Waals surface area contributed by atoms with Gasteiger partial charge in [-0.1, -0.05) is 12.1 Å². The molecule has 0 saturated carbocycles. The minimum atomic E-state index is -0.486. The fraction of sp³-hybridized carbons (Fsp3) is 0.375. The highest BCUT2D eigenvalue weighted by molar-refractivity contribution is 7.99. The fourth-order valence-corrected chi connectivity index (χ4v) is 4.44. The Morgan fingerprint density at radius 3 is 2.91 bits per heavy atom. The van der Waals surface area contributed by atoms with Crippen LogP contribution in [0.3, 0.4) is 0 Å². The fourth-order valence-electron chi connectivity index (χ4n) is 2.98. The molecule has 1 saturated heterocycles. The van der Waals surface area contributed by atoms with Crippen molar-refractivity contribution >= 4 is 23.6 Å². The van der Waals surface area contributed by atoms with E-state index in [9.17, 15) is 9.59 Å². The summed E-state index contributed by atoms with van der Waals surface area (Å²) in [5.74, 6) is 1.16. The van der Waals surface area contributed by atoms with Crippen LogP contribution >= 0.6 is 11.8 Å². The van der Waals surface area contributed by atoms with Crippen LogP contribution in [0.25, 0.3) is 0 Å². The molecule has 0 bridgehead atoms. The third-order valence-corrected chi connectivity index (χ3v) is 5.32. The summed E-state index contributed by atoms with van der Waals surface area (Å²) in [5.41, 5.74) is 1.36. The van der Waals surface area contributed by atoms with Gasteiger partial charge in [0.1, 0.15) is 11.4 Å². The molecule has 1 aromatic rings. The predicted octanol–water partition coefficient (Wildman–Crippen LogP) is 1.58. The van der Waals surface area contributed by atoms with Crippen molar-refractivity contribution in [3.05, 3.63) is 35.9 Å². The first-order valence-corrected chi connectivity index (χ1v) is 8.26. The standard InChI is InChI=1S/C16H18N2O4S/c1-4-7-17-14(19)10-8-23-16-9-5-6-11(21-2)13(22-3)12(9)15(20)18(10)16/h4-6,10,16H,1,7-8H2,2-3H3,(H,17,19)/t10-,16+/m1/s1. The molecule has 122 valence electrons. The lowest BCUT2D eigenvalue weighted by atomic mass is 10.1. The minimum absolute atomic E-state index is 0.156. The van der Waals surface area contributed by atoms with Gasteiger partial charge in [0, 0.05) is 17.9 Å². The van der Waals surface area contributed by atoms with E-state index in [1.807, 2.05) is 6.07 Å². The number of rotatable bonds is 5. The number of nitrogens with zero attached hydrogens (tertiary/aromatic N) is 1. The van der Waals surface area contributed by atoms with Crippen molar-refractivity contribution < 1.29 is 19.1 Å². The lowest BCUT2D eigenvalue weighted by Crippen LogP contribution is -2.46. The molecule has 2 atom stereocenters. The Hall–Kier alpha value is -2.15. The maximum atomic E-state index is 12.9. The molecule has 0 aromatic heterocycles. The molecule has 0 unspecified atom stereocenters. The first-order valence-electron chi connectivity index (χ1n) is 7.21. The van der Waals surface area contributed by atoms with E-state index in [0.717, 1.165) is 5.56 Å². The molecule has 2 aliphatic rings. The molecule has 1 fully saturated rings. The van der Waals surface area contributed by atoms with Crippen molar-refractivity contribution in [3.8, 4) is 11.5 Å². The Morgan fingerprint density at radius 2 is 2.26 bits per heavy atom. The third kappa shape index (κ3) is 2.35. The molecule has 7 heteroatoms. The van der Waals surface area contributed by atoms with Gasteiger partial charge in [-0.3, -0.25) is 9.59 Å². The van der Waals surface area contributed by atoms with Crippen LogP contribution in [-0.4, -0.2) is 49.3 Å². The summed E-state index contributed by atoms with van der Waals surface area (Å²) in [6.45, 7) is 3.97. The van der Waals surface area contributed by atoms with Crippen LogP contribution in [-0.2, 0) is 4.79 Å². The van der Waals surface area contributed by atoms with Crippen LogP contribution in [0.1, 0.15) is 21.3 Å². The summed E-state index contributed by atoms with van der Waals surface area (Å²) in [4.78, 5) is 26.8. The summed E-state index contributed by atoms with van der Waals surface area (Å²) >= 11 is 1.58. The number of thioether (sulfide) groups is 1. The van der Waals surface area contributed by atoms with Crippen LogP contribution < -0.4 is 14.8 Å². The predicted molar refractivity (Wildman–Crippen MR) is 87.9 cm³/mol. The van der Waals surface area contributed by atoms with Crippen LogP contribution in [0.5, 0.6) is 11.5 Å². The molecule has 2 amide bonds. The van der Waals surface area contributed by atoms with Crippen molar-refractivity contribution in [2.45, 2.75) is 11.4 Å². The molecule has 1 N–H and O–H groups in total. The lowest BCUT2D eigenvalue weighted by molar-refractivity contribution is -0.124. The number of fused-ring (bicyclic) bond motifs is 3. The van der Waals surface area contributed by atoms with Gasteiger partial charge in [0.15, 0.2) is 11.5 Å². The second kappa shape index (κ2) is 6.16. The maximum absolute atomic E-state index is 12.9. The smallest absolute Gasteiger partial charge is 0.260 e. The van der Waals surface area contributed by atoms with Gasteiger partial charge < -0.3 is 19.7 Å². The quantitative estimate of drug-likeness (QED) is 0.828. The zero-order chi connectivity index (χ0) is 16.6. The summed E-state index contributed by atoms with van der Waals surface area (Å²) in [5, 5.41) is 2.61. The molecule has 3 rings (SSSR count). The van der Waals surface area contributed by atoms with Crippen LogP contribution in [0.15, 0.2) is 24.8 Å². The van der Waals surface area contributed by atoms with E-state index in [1.54, 1.807) is 28.8 Å². The zero-order valence-corrected chi connectivity index (χ0v) is 13.8. The zero-order valence-electron chi connectivity index (χ0n) is 13.0. The van der Waals surface area contributed by atoms with Crippen LogP contribution in [0, 0.1) is 0 Å². The molecule has 23 heavy (non-hydrogen) atoms. The van der Waals surface area contributed by atoms with E-state index in [4.69, 9.17) is 9.47 Å². The molecular formula is C16H18N2O4S. The first kappa shape index (κ1) is 15.7. The average Bonchev–Trinajstić information content (AvgIpc) is 3.12. The summed E-state index contributed by atoms with van der Waals surface area (Å²) in [6.07, 6.45) is 1.62. The SMILES string of the molecule is C=CCNC(=O)[C@H]1CS[C@H]2c3ccc(OC)c(OC)c3C(=O)N12. The van der Waals surface area contributed by atoms with Gasteiger partial charge in [-0.25, -0.2) is 0 Å². The van der Waals surface area contributed by atoms with Gasteiger partial charge in [-0.05, 0) is 6.07 Å². The highest BCUT2D eigenvalue weighted by atomic mass is 32.2. The number of ether oxygens (including phenoxy) is 2. The Kier molecular flexibility index (Phi) is 4.21. The Morgan fingerprint density at radius 1 is 1.48 bits per heavy atom. The monoisotopic (exact) mass is 334 g/mol. The second-order valence-electron chi connectivity index (χ2n) is 5.21. The Labute approximate surface area is 138 Å².